The predicted molar refractivity (Wildman–Crippen MR) is 42.1 cm³/mol. The maximum absolute atomic E-state index is 10.2. The van der Waals surface area contributed by atoms with Crippen LogP contribution in [-0.4, -0.2) is 29.1 Å². The molecule has 0 aromatic carbocycles. The number of aliphatic carboxylic acids is 1. The van der Waals surface area contributed by atoms with Crippen molar-refractivity contribution in [3.05, 3.63) is 12.3 Å². The van der Waals surface area contributed by atoms with E-state index in [1.807, 2.05) is 11.1 Å². The van der Waals surface area contributed by atoms with Crippen molar-refractivity contribution in [2.75, 3.05) is 13.1 Å². The molecule has 0 fully saturated rings. The summed E-state index contributed by atoms with van der Waals surface area (Å²) in [6.07, 6.45) is 4.31. The Morgan fingerprint density at radius 2 is 2.55 bits per heavy atom. The molecule has 0 bridgehead atoms. The smallest absolute Gasteiger partial charge is 0.305 e. The van der Waals surface area contributed by atoms with Crippen LogP contribution in [-0.2, 0) is 4.79 Å². The van der Waals surface area contributed by atoms with E-state index >= 15 is 0 Å². The van der Waals surface area contributed by atoms with Gasteiger partial charge >= 0.3 is 5.97 Å². The van der Waals surface area contributed by atoms with Crippen molar-refractivity contribution in [2.45, 2.75) is 13.3 Å². The first-order chi connectivity index (χ1) is 5.18. The number of nitrogens with zero attached hydrogens (tertiary/aromatic N) is 1. The van der Waals surface area contributed by atoms with Crippen LogP contribution >= 0.6 is 0 Å². The first-order valence-corrected chi connectivity index (χ1v) is 3.82. The summed E-state index contributed by atoms with van der Waals surface area (Å²) in [7, 11) is 0. The zero-order valence-electron chi connectivity index (χ0n) is 6.66. The Morgan fingerprint density at radius 3 is 3.00 bits per heavy atom. The predicted octanol–water partition coefficient (Wildman–Crippen LogP) is 0.927. The van der Waals surface area contributed by atoms with Gasteiger partial charge in [-0.2, -0.15) is 0 Å². The van der Waals surface area contributed by atoms with Crippen molar-refractivity contribution in [3.8, 4) is 0 Å². The molecule has 0 radical (unpaired) electrons. The van der Waals surface area contributed by atoms with Gasteiger partial charge in [0.05, 0.1) is 6.42 Å². The highest BCUT2D eigenvalue weighted by atomic mass is 16.4. The van der Waals surface area contributed by atoms with Crippen molar-refractivity contribution >= 4 is 5.97 Å². The lowest BCUT2D eigenvalue weighted by Gasteiger charge is -2.14. The highest BCUT2D eigenvalue weighted by molar-refractivity contribution is 5.66. The fraction of sp³-hybridized carbons (Fsp3) is 0.625. The van der Waals surface area contributed by atoms with Crippen LogP contribution in [0.15, 0.2) is 12.3 Å². The Balaban J connectivity index is 2.19. The van der Waals surface area contributed by atoms with E-state index in [1.54, 1.807) is 0 Å². The van der Waals surface area contributed by atoms with E-state index < -0.39 is 5.97 Å². The molecule has 0 aliphatic carbocycles. The number of carboxylic acids is 1. The van der Waals surface area contributed by atoms with Gasteiger partial charge in [-0.05, 0) is 12.1 Å². The van der Waals surface area contributed by atoms with Crippen LogP contribution in [0.1, 0.15) is 13.3 Å². The molecule has 0 aromatic heterocycles. The molecule has 0 amide bonds. The van der Waals surface area contributed by atoms with E-state index in [0.717, 1.165) is 6.54 Å². The minimum absolute atomic E-state index is 0.233. The maximum Gasteiger partial charge on any atom is 0.305 e. The Kier molecular flexibility index (Phi) is 2.52. The van der Waals surface area contributed by atoms with E-state index in [-0.39, 0.29) is 6.42 Å². The first kappa shape index (κ1) is 8.11. The van der Waals surface area contributed by atoms with Crippen molar-refractivity contribution in [1.29, 1.82) is 0 Å². The standard InChI is InChI=1S/C8H13NO2/c1-7-2-4-9(6-7)5-3-8(10)11/h2,4,7H,3,5-6H2,1H3,(H,10,11). The van der Waals surface area contributed by atoms with E-state index in [9.17, 15) is 4.79 Å². The SMILES string of the molecule is CC1C=CN(CCC(=O)O)C1. The molecule has 0 saturated heterocycles. The zero-order valence-corrected chi connectivity index (χ0v) is 6.66. The average Bonchev–Trinajstić information content (AvgIpc) is 2.31. The number of rotatable bonds is 3. The summed E-state index contributed by atoms with van der Waals surface area (Å²) >= 11 is 0. The molecule has 0 spiro atoms. The molecule has 62 valence electrons. The molecule has 3 nitrogen and oxygen atoms in total. The van der Waals surface area contributed by atoms with Crippen molar-refractivity contribution < 1.29 is 9.90 Å². The molecule has 1 aliphatic heterocycles. The summed E-state index contributed by atoms with van der Waals surface area (Å²) in [5.74, 6) is -0.151. The minimum Gasteiger partial charge on any atom is -0.481 e. The van der Waals surface area contributed by atoms with Gasteiger partial charge in [-0.15, -0.1) is 0 Å². The normalized spacial score (nSPS) is 22.6. The van der Waals surface area contributed by atoms with Gasteiger partial charge in [0.15, 0.2) is 0 Å². The van der Waals surface area contributed by atoms with Crippen LogP contribution in [0.3, 0.4) is 0 Å². The van der Waals surface area contributed by atoms with E-state index in [2.05, 4.69) is 13.0 Å². The Labute approximate surface area is 66.3 Å². The van der Waals surface area contributed by atoms with Gasteiger partial charge in [-0.1, -0.05) is 13.0 Å². The fourth-order valence-electron chi connectivity index (χ4n) is 1.17. The van der Waals surface area contributed by atoms with Crippen LogP contribution < -0.4 is 0 Å². The second-order valence-corrected chi connectivity index (χ2v) is 2.96. The van der Waals surface area contributed by atoms with Gasteiger partial charge in [0.2, 0.25) is 0 Å². The summed E-state index contributed by atoms with van der Waals surface area (Å²) in [5, 5.41) is 8.39. The molecule has 0 aromatic rings. The van der Waals surface area contributed by atoms with Crippen LogP contribution in [0.4, 0.5) is 0 Å². The molecule has 1 unspecified atom stereocenters. The summed E-state index contributed by atoms with van der Waals surface area (Å²) in [6, 6.07) is 0. The van der Waals surface area contributed by atoms with Crippen molar-refractivity contribution in [3.63, 3.8) is 0 Å². The molecular formula is C8H13NO2. The van der Waals surface area contributed by atoms with E-state index in [1.165, 1.54) is 0 Å². The topological polar surface area (TPSA) is 40.5 Å². The molecular weight excluding hydrogens is 142 g/mol. The third-order valence-corrected chi connectivity index (χ3v) is 1.76. The Bertz CT molecular complexity index is 177. The maximum atomic E-state index is 10.2. The first-order valence-electron chi connectivity index (χ1n) is 3.82. The molecule has 1 aliphatic rings. The van der Waals surface area contributed by atoms with Gasteiger partial charge in [0.1, 0.15) is 0 Å². The number of hydrogen-bond donors (Lipinski definition) is 1. The lowest BCUT2D eigenvalue weighted by molar-refractivity contribution is -0.137. The molecule has 1 atom stereocenters. The quantitative estimate of drug-likeness (QED) is 0.659. The van der Waals surface area contributed by atoms with Crippen LogP contribution in [0.5, 0.6) is 0 Å². The number of carboxylic acid groups (broad SMARTS) is 1. The van der Waals surface area contributed by atoms with Crippen molar-refractivity contribution in [2.24, 2.45) is 5.92 Å². The summed E-state index contributed by atoms with van der Waals surface area (Å²) in [4.78, 5) is 12.2. The molecule has 11 heavy (non-hydrogen) atoms. The van der Waals surface area contributed by atoms with Crippen LogP contribution in [0.25, 0.3) is 0 Å². The van der Waals surface area contributed by atoms with Gasteiger partial charge in [-0.25, -0.2) is 0 Å². The third-order valence-electron chi connectivity index (χ3n) is 1.76. The molecule has 1 rings (SSSR count). The number of hydrogen-bond acceptors (Lipinski definition) is 2. The summed E-state index contributed by atoms with van der Waals surface area (Å²) < 4.78 is 0. The van der Waals surface area contributed by atoms with Crippen LogP contribution in [0, 0.1) is 5.92 Å². The average molecular weight is 155 g/mol. The Morgan fingerprint density at radius 1 is 1.82 bits per heavy atom. The lowest BCUT2D eigenvalue weighted by atomic mass is 10.2. The zero-order chi connectivity index (χ0) is 8.27. The third kappa shape index (κ3) is 2.62. The highest BCUT2D eigenvalue weighted by Gasteiger charge is 2.11. The van der Waals surface area contributed by atoms with Crippen LogP contribution in [0.2, 0.25) is 0 Å². The second-order valence-electron chi connectivity index (χ2n) is 2.96. The van der Waals surface area contributed by atoms with Gasteiger partial charge in [0.25, 0.3) is 0 Å². The summed E-state index contributed by atoms with van der Waals surface area (Å²) in [6.45, 7) is 3.72. The summed E-state index contributed by atoms with van der Waals surface area (Å²) in [5.41, 5.74) is 0. The molecule has 1 heterocycles. The molecule has 0 saturated carbocycles. The Hall–Kier alpha value is -0.990. The van der Waals surface area contributed by atoms with E-state index in [4.69, 9.17) is 5.11 Å². The second kappa shape index (κ2) is 3.42. The molecule has 3 heteroatoms. The monoisotopic (exact) mass is 155 g/mol. The van der Waals surface area contributed by atoms with Crippen molar-refractivity contribution in [1.82, 2.24) is 4.90 Å². The largest absolute Gasteiger partial charge is 0.481 e. The lowest BCUT2D eigenvalue weighted by Crippen LogP contribution is -2.20. The number of carbonyl (C=O) groups is 1. The minimum atomic E-state index is -0.724. The molecule has 1 N–H and O–H groups in total. The highest BCUT2D eigenvalue weighted by Crippen LogP contribution is 2.10. The fourth-order valence-corrected chi connectivity index (χ4v) is 1.17. The van der Waals surface area contributed by atoms with Gasteiger partial charge in [-0.3, -0.25) is 4.79 Å². The van der Waals surface area contributed by atoms with Gasteiger partial charge < -0.3 is 10.0 Å². The van der Waals surface area contributed by atoms with Gasteiger partial charge in [0, 0.05) is 13.1 Å². The van der Waals surface area contributed by atoms with E-state index in [0.29, 0.717) is 12.5 Å².